The third kappa shape index (κ3) is 3.20. The average molecular weight is 228 g/mol. The van der Waals surface area contributed by atoms with Crippen LogP contribution in [0.3, 0.4) is 0 Å². The van der Waals surface area contributed by atoms with E-state index >= 15 is 0 Å². The lowest BCUT2D eigenvalue weighted by molar-refractivity contribution is -0.146. The Labute approximate surface area is 95.4 Å². The van der Waals surface area contributed by atoms with Crippen LogP contribution >= 0.6 is 0 Å². The number of amides is 1. The maximum atomic E-state index is 11.5. The summed E-state index contributed by atoms with van der Waals surface area (Å²) in [6.07, 6.45) is 3.12. The quantitative estimate of drug-likeness (QED) is 0.638. The SMILES string of the molecule is CC(C)(CNC(=O)CC1(N)CCC1)C(=O)O. The zero-order valence-corrected chi connectivity index (χ0v) is 9.88. The van der Waals surface area contributed by atoms with Crippen molar-refractivity contribution in [1.29, 1.82) is 0 Å². The van der Waals surface area contributed by atoms with Crippen LogP contribution in [0.25, 0.3) is 0 Å². The van der Waals surface area contributed by atoms with Crippen molar-refractivity contribution in [3.63, 3.8) is 0 Å². The number of aliphatic carboxylic acids is 1. The summed E-state index contributed by atoms with van der Waals surface area (Å²) in [7, 11) is 0. The van der Waals surface area contributed by atoms with Gasteiger partial charge in [-0.3, -0.25) is 9.59 Å². The van der Waals surface area contributed by atoms with Crippen LogP contribution in [0, 0.1) is 5.41 Å². The number of carboxylic acid groups (broad SMARTS) is 1. The van der Waals surface area contributed by atoms with Crippen molar-refractivity contribution in [2.75, 3.05) is 6.54 Å². The maximum Gasteiger partial charge on any atom is 0.310 e. The molecule has 1 saturated carbocycles. The van der Waals surface area contributed by atoms with Gasteiger partial charge in [-0.2, -0.15) is 0 Å². The Balaban J connectivity index is 2.32. The van der Waals surface area contributed by atoms with E-state index < -0.39 is 11.4 Å². The summed E-state index contributed by atoms with van der Waals surface area (Å²) in [4.78, 5) is 22.3. The molecule has 0 aromatic heterocycles. The molecule has 16 heavy (non-hydrogen) atoms. The monoisotopic (exact) mass is 228 g/mol. The van der Waals surface area contributed by atoms with Crippen LogP contribution in [0.1, 0.15) is 39.5 Å². The van der Waals surface area contributed by atoms with Crippen LogP contribution in [0.4, 0.5) is 0 Å². The average Bonchev–Trinajstić information content (AvgIpc) is 2.12. The molecule has 4 N–H and O–H groups in total. The lowest BCUT2D eigenvalue weighted by Gasteiger charge is -2.37. The van der Waals surface area contributed by atoms with Crippen molar-refractivity contribution in [2.24, 2.45) is 11.1 Å². The Hall–Kier alpha value is -1.10. The van der Waals surface area contributed by atoms with Gasteiger partial charge in [-0.15, -0.1) is 0 Å². The Morgan fingerprint density at radius 2 is 2.00 bits per heavy atom. The largest absolute Gasteiger partial charge is 0.481 e. The topological polar surface area (TPSA) is 92.4 Å². The fourth-order valence-electron chi connectivity index (χ4n) is 1.59. The van der Waals surface area contributed by atoms with E-state index in [4.69, 9.17) is 10.8 Å². The molecule has 0 saturated heterocycles. The number of carbonyl (C=O) groups is 2. The molecule has 0 unspecified atom stereocenters. The van der Waals surface area contributed by atoms with Gasteiger partial charge in [0, 0.05) is 18.5 Å². The molecule has 0 aliphatic heterocycles. The van der Waals surface area contributed by atoms with Crippen LogP contribution < -0.4 is 11.1 Å². The van der Waals surface area contributed by atoms with E-state index in [0.717, 1.165) is 19.3 Å². The molecule has 0 spiro atoms. The molecule has 1 aliphatic carbocycles. The Kier molecular flexibility index (Phi) is 3.57. The van der Waals surface area contributed by atoms with Gasteiger partial charge in [0.15, 0.2) is 0 Å². The highest BCUT2D eigenvalue weighted by atomic mass is 16.4. The zero-order chi connectivity index (χ0) is 12.4. The Bertz CT molecular complexity index is 296. The number of nitrogens with one attached hydrogen (secondary N) is 1. The molecule has 0 heterocycles. The zero-order valence-electron chi connectivity index (χ0n) is 9.88. The van der Waals surface area contributed by atoms with Crippen molar-refractivity contribution in [3.8, 4) is 0 Å². The third-order valence-corrected chi connectivity index (χ3v) is 3.17. The minimum absolute atomic E-state index is 0.136. The second-order valence-corrected chi connectivity index (χ2v) is 5.36. The minimum atomic E-state index is -0.933. The molecule has 5 heteroatoms. The van der Waals surface area contributed by atoms with E-state index in [0.29, 0.717) is 6.42 Å². The first kappa shape index (κ1) is 13.0. The minimum Gasteiger partial charge on any atom is -0.481 e. The maximum absolute atomic E-state index is 11.5. The first-order valence-corrected chi connectivity index (χ1v) is 5.54. The number of nitrogens with two attached hydrogens (primary N) is 1. The van der Waals surface area contributed by atoms with Gasteiger partial charge < -0.3 is 16.2 Å². The van der Waals surface area contributed by atoms with Gasteiger partial charge >= 0.3 is 5.97 Å². The first-order chi connectivity index (χ1) is 7.25. The third-order valence-electron chi connectivity index (χ3n) is 3.17. The molecule has 0 atom stereocenters. The van der Waals surface area contributed by atoms with Crippen LogP contribution in [0.2, 0.25) is 0 Å². The van der Waals surface area contributed by atoms with Gasteiger partial charge in [-0.25, -0.2) is 0 Å². The second kappa shape index (κ2) is 4.41. The molecule has 1 rings (SSSR count). The smallest absolute Gasteiger partial charge is 0.310 e. The summed E-state index contributed by atoms with van der Waals surface area (Å²) in [5, 5.41) is 11.5. The van der Waals surface area contributed by atoms with Gasteiger partial charge in [0.25, 0.3) is 0 Å². The molecule has 0 aromatic rings. The van der Waals surface area contributed by atoms with E-state index in [1.54, 1.807) is 13.8 Å². The van der Waals surface area contributed by atoms with Crippen molar-refractivity contribution in [3.05, 3.63) is 0 Å². The number of carbonyl (C=O) groups excluding carboxylic acids is 1. The van der Waals surface area contributed by atoms with Crippen LogP contribution in [-0.2, 0) is 9.59 Å². The molecule has 1 fully saturated rings. The van der Waals surface area contributed by atoms with Gasteiger partial charge in [0.05, 0.1) is 5.41 Å². The van der Waals surface area contributed by atoms with E-state index in [1.807, 2.05) is 0 Å². The summed E-state index contributed by atoms with van der Waals surface area (Å²) < 4.78 is 0. The molecule has 0 aromatic carbocycles. The number of hydrogen-bond acceptors (Lipinski definition) is 3. The second-order valence-electron chi connectivity index (χ2n) is 5.36. The van der Waals surface area contributed by atoms with Crippen molar-refractivity contribution in [2.45, 2.75) is 45.1 Å². The normalized spacial score (nSPS) is 18.7. The highest BCUT2D eigenvalue weighted by Crippen LogP contribution is 2.31. The van der Waals surface area contributed by atoms with E-state index in [9.17, 15) is 9.59 Å². The van der Waals surface area contributed by atoms with Crippen molar-refractivity contribution >= 4 is 11.9 Å². The molecule has 5 nitrogen and oxygen atoms in total. The van der Waals surface area contributed by atoms with Crippen LogP contribution in [0.15, 0.2) is 0 Å². The predicted molar refractivity (Wildman–Crippen MR) is 59.8 cm³/mol. The number of carboxylic acids is 1. The molecular weight excluding hydrogens is 208 g/mol. The van der Waals surface area contributed by atoms with E-state index in [1.165, 1.54) is 0 Å². The lowest BCUT2D eigenvalue weighted by atomic mass is 9.75. The molecular formula is C11H20N2O3. The summed E-state index contributed by atoms with van der Waals surface area (Å²) in [6, 6.07) is 0. The Morgan fingerprint density at radius 3 is 2.38 bits per heavy atom. The van der Waals surface area contributed by atoms with Gasteiger partial charge in [0.1, 0.15) is 0 Å². The van der Waals surface area contributed by atoms with Crippen LogP contribution in [-0.4, -0.2) is 29.1 Å². The summed E-state index contributed by atoms with van der Waals surface area (Å²) >= 11 is 0. The van der Waals surface area contributed by atoms with Crippen LogP contribution in [0.5, 0.6) is 0 Å². The molecule has 1 amide bonds. The number of rotatable bonds is 5. The van der Waals surface area contributed by atoms with Crippen molar-refractivity contribution in [1.82, 2.24) is 5.32 Å². The van der Waals surface area contributed by atoms with E-state index in [-0.39, 0.29) is 18.0 Å². The number of hydrogen-bond donors (Lipinski definition) is 3. The standard InChI is InChI=1S/C11H20N2O3/c1-10(2,9(15)16)7-13-8(14)6-11(12)4-3-5-11/h3-7,12H2,1-2H3,(H,13,14)(H,15,16). The fourth-order valence-corrected chi connectivity index (χ4v) is 1.59. The van der Waals surface area contributed by atoms with Crippen molar-refractivity contribution < 1.29 is 14.7 Å². The van der Waals surface area contributed by atoms with Gasteiger partial charge in [-0.1, -0.05) is 0 Å². The molecule has 0 radical (unpaired) electrons. The van der Waals surface area contributed by atoms with Gasteiger partial charge in [0.2, 0.25) is 5.91 Å². The molecule has 92 valence electrons. The fraction of sp³-hybridized carbons (Fsp3) is 0.818. The molecule has 1 aliphatic rings. The molecule has 0 bridgehead atoms. The Morgan fingerprint density at radius 1 is 1.44 bits per heavy atom. The van der Waals surface area contributed by atoms with E-state index in [2.05, 4.69) is 5.32 Å². The summed E-state index contributed by atoms with van der Waals surface area (Å²) in [5.41, 5.74) is 4.64. The predicted octanol–water partition coefficient (Wildman–Crippen LogP) is 0.485. The van der Waals surface area contributed by atoms with Gasteiger partial charge in [-0.05, 0) is 33.1 Å². The first-order valence-electron chi connectivity index (χ1n) is 5.54. The highest BCUT2D eigenvalue weighted by Gasteiger charge is 2.35. The lowest BCUT2D eigenvalue weighted by Crippen LogP contribution is -2.51. The summed E-state index contributed by atoms with van der Waals surface area (Å²) in [5.74, 6) is -1.07. The summed E-state index contributed by atoms with van der Waals surface area (Å²) in [6.45, 7) is 3.30. The highest BCUT2D eigenvalue weighted by molar-refractivity contribution is 5.79.